The van der Waals surface area contributed by atoms with Crippen LogP contribution in [0.5, 0.6) is 0 Å². The summed E-state index contributed by atoms with van der Waals surface area (Å²) in [5, 5.41) is 5.54. The van der Waals surface area contributed by atoms with Gasteiger partial charge in [0, 0.05) is 17.1 Å². The Bertz CT molecular complexity index is 1270. The van der Waals surface area contributed by atoms with Crippen LogP contribution in [-0.4, -0.2) is 35.9 Å². The number of carbonyl (C=O) groups excluding carboxylic acids is 3. The smallest absolute Gasteiger partial charge is 0.412 e. The summed E-state index contributed by atoms with van der Waals surface area (Å²) in [6.45, 7) is 5.34. The molecule has 0 spiro atoms. The molecule has 39 heavy (non-hydrogen) atoms. The second-order valence-corrected chi connectivity index (χ2v) is 10.6. The van der Waals surface area contributed by atoms with Gasteiger partial charge >= 0.3 is 18.2 Å². The minimum absolute atomic E-state index is 0.0314. The zero-order valence-electron chi connectivity index (χ0n) is 22.3. The first-order valence-corrected chi connectivity index (χ1v) is 13.1. The minimum Gasteiger partial charge on any atom is -0.469 e. The van der Waals surface area contributed by atoms with E-state index < -0.39 is 35.7 Å². The molecule has 9 nitrogen and oxygen atoms in total. The second kappa shape index (κ2) is 13.7. The molecule has 3 aromatic rings. The van der Waals surface area contributed by atoms with Crippen LogP contribution in [-0.2, 0) is 32.0 Å². The number of hydrogen-bond donors (Lipinski definition) is 2. The van der Waals surface area contributed by atoms with E-state index in [4.69, 9.17) is 14.2 Å². The summed E-state index contributed by atoms with van der Waals surface area (Å²) in [6, 6.07) is 19.2. The van der Waals surface area contributed by atoms with Crippen molar-refractivity contribution < 1.29 is 28.6 Å². The molecule has 1 unspecified atom stereocenters. The van der Waals surface area contributed by atoms with E-state index in [9.17, 15) is 14.4 Å². The number of halogens is 1. The topological polar surface area (TPSA) is 116 Å². The van der Waals surface area contributed by atoms with Gasteiger partial charge in [0.1, 0.15) is 12.2 Å². The third-order valence-electron chi connectivity index (χ3n) is 5.54. The van der Waals surface area contributed by atoms with Gasteiger partial charge in [-0.1, -0.05) is 60.7 Å². The zero-order chi connectivity index (χ0) is 28.4. The van der Waals surface area contributed by atoms with Crippen molar-refractivity contribution in [2.45, 2.75) is 45.4 Å². The standard InChI is InChI=1S/C29H32BrN3O6/c1-29(2,3)39-28(36)33-25(20-13-9-6-10-14-20)22(26(34)37-4)16-23-24(15-21(30)17-31-23)32-27(35)38-18-19-11-7-5-8-12-19/h5-15,17,22,25H,16,18H2,1-4H3,(H,32,35)(H,33,36)/t22?,25-/m1/s1. The number of esters is 1. The first-order chi connectivity index (χ1) is 18.6. The van der Waals surface area contributed by atoms with E-state index in [1.807, 2.05) is 36.4 Å². The number of alkyl carbamates (subject to hydrolysis) is 1. The van der Waals surface area contributed by atoms with Crippen molar-refractivity contribution in [3.05, 3.63) is 94.2 Å². The largest absolute Gasteiger partial charge is 0.469 e. The molecular weight excluding hydrogens is 566 g/mol. The maximum atomic E-state index is 13.1. The lowest BCUT2D eigenvalue weighted by atomic mass is 9.88. The van der Waals surface area contributed by atoms with Crippen LogP contribution < -0.4 is 10.6 Å². The van der Waals surface area contributed by atoms with Crippen molar-refractivity contribution in [2.75, 3.05) is 12.4 Å². The van der Waals surface area contributed by atoms with E-state index in [2.05, 4.69) is 31.5 Å². The maximum absolute atomic E-state index is 13.1. The summed E-state index contributed by atoms with van der Waals surface area (Å²) in [7, 11) is 1.28. The lowest BCUT2D eigenvalue weighted by molar-refractivity contribution is -0.146. The van der Waals surface area contributed by atoms with Gasteiger partial charge in [0.25, 0.3) is 0 Å². The van der Waals surface area contributed by atoms with Gasteiger partial charge < -0.3 is 19.5 Å². The van der Waals surface area contributed by atoms with Gasteiger partial charge in [-0.2, -0.15) is 0 Å². The molecule has 0 radical (unpaired) electrons. The number of ether oxygens (including phenoxy) is 3. The lowest BCUT2D eigenvalue weighted by Crippen LogP contribution is -2.41. The Morgan fingerprint density at radius 1 is 0.974 bits per heavy atom. The van der Waals surface area contributed by atoms with Crippen molar-refractivity contribution in [3.63, 3.8) is 0 Å². The van der Waals surface area contributed by atoms with Gasteiger partial charge in [-0.25, -0.2) is 9.59 Å². The monoisotopic (exact) mass is 597 g/mol. The quantitative estimate of drug-likeness (QED) is 0.223. The second-order valence-electron chi connectivity index (χ2n) is 9.70. The van der Waals surface area contributed by atoms with Gasteiger partial charge in [-0.15, -0.1) is 0 Å². The van der Waals surface area contributed by atoms with Crippen molar-refractivity contribution in [3.8, 4) is 0 Å². The lowest BCUT2D eigenvalue weighted by Gasteiger charge is -2.28. The number of hydrogen-bond acceptors (Lipinski definition) is 7. The summed E-state index contributed by atoms with van der Waals surface area (Å²) in [5.41, 5.74) is 1.52. The van der Waals surface area contributed by atoms with Crippen molar-refractivity contribution in [1.82, 2.24) is 10.3 Å². The molecule has 10 heteroatoms. The molecule has 0 saturated heterocycles. The average molecular weight is 598 g/mol. The van der Waals surface area contributed by atoms with Crippen LogP contribution in [0.15, 0.2) is 77.4 Å². The maximum Gasteiger partial charge on any atom is 0.412 e. The Labute approximate surface area is 236 Å². The molecule has 1 aromatic heterocycles. The number of amides is 2. The van der Waals surface area contributed by atoms with Crippen LogP contribution in [0.4, 0.5) is 15.3 Å². The molecule has 206 valence electrons. The molecule has 2 atom stereocenters. The summed E-state index contributed by atoms with van der Waals surface area (Å²) >= 11 is 3.38. The Balaban J connectivity index is 1.88. The molecule has 2 amide bonds. The van der Waals surface area contributed by atoms with E-state index in [-0.39, 0.29) is 13.0 Å². The van der Waals surface area contributed by atoms with E-state index >= 15 is 0 Å². The number of anilines is 1. The fourth-order valence-electron chi connectivity index (χ4n) is 3.82. The summed E-state index contributed by atoms with van der Waals surface area (Å²) < 4.78 is 16.6. The van der Waals surface area contributed by atoms with Crippen molar-refractivity contribution >= 4 is 39.8 Å². The first-order valence-electron chi connectivity index (χ1n) is 12.3. The highest BCUT2D eigenvalue weighted by Gasteiger charge is 2.34. The molecule has 0 fully saturated rings. The van der Waals surface area contributed by atoms with E-state index in [1.165, 1.54) is 7.11 Å². The molecular formula is C29H32BrN3O6. The van der Waals surface area contributed by atoms with Crippen LogP contribution in [0.1, 0.15) is 43.6 Å². The van der Waals surface area contributed by atoms with Gasteiger partial charge in [-0.3, -0.25) is 15.1 Å². The number of aromatic nitrogens is 1. The Hall–Kier alpha value is -3.92. The van der Waals surface area contributed by atoms with E-state index in [0.717, 1.165) is 5.56 Å². The molecule has 1 heterocycles. The zero-order valence-corrected chi connectivity index (χ0v) is 23.9. The summed E-state index contributed by atoms with van der Waals surface area (Å²) in [5.74, 6) is -1.47. The number of rotatable bonds is 9. The van der Waals surface area contributed by atoms with E-state index in [0.29, 0.717) is 21.4 Å². The fraction of sp³-hybridized carbons (Fsp3) is 0.310. The molecule has 0 aliphatic rings. The third kappa shape index (κ3) is 9.40. The normalized spacial score (nSPS) is 12.5. The van der Waals surface area contributed by atoms with Crippen LogP contribution in [0, 0.1) is 5.92 Å². The Kier molecular flexibility index (Phi) is 10.4. The van der Waals surface area contributed by atoms with Gasteiger partial charge in [-0.05, 0) is 53.9 Å². The van der Waals surface area contributed by atoms with Crippen LogP contribution >= 0.6 is 15.9 Å². The average Bonchev–Trinajstić information content (AvgIpc) is 2.90. The molecule has 0 aliphatic heterocycles. The number of methoxy groups -OCH3 is 1. The van der Waals surface area contributed by atoms with Crippen LogP contribution in [0.3, 0.4) is 0 Å². The first kappa shape index (κ1) is 29.6. The fourth-order valence-corrected chi connectivity index (χ4v) is 4.15. The predicted molar refractivity (Wildman–Crippen MR) is 150 cm³/mol. The van der Waals surface area contributed by atoms with Crippen molar-refractivity contribution in [2.24, 2.45) is 5.92 Å². The van der Waals surface area contributed by atoms with Crippen LogP contribution in [0.25, 0.3) is 0 Å². The number of carbonyl (C=O) groups is 3. The number of nitrogens with one attached hydrogen (secondary N) is 2. The highest BCUT2D eigenvalue weighted by atomic mass is 79.9. The Morgan fingerprint density at radius 3 is 2.23 bits per heavy atom. The van der Waals surface area contributed by atoms with Crippen LogP contribution in [0.2, 0.25) is 0 Å². The van der Waals surface area contributed by atoms with Gasteiger partial charge in [0.05, 0.1) is 30.5 Å². The molecule has 3 rings (SSSR count). The minimum atomic E-state index is -0.903. The SMILES string of the molecule is COC(=O)C(Cc1ncc(Br)cc1NC(=O)OCc1ccccc1)[C@H](NC(=O)OC(C)(C)C)c1ccccc1. The number of benzene rings is 2. The Morgan fingerprint density at radius 2 is 1.62 bits per heavy atom. The molecule has 2 N–H and O–H groups in total. The molecule has 0 saturated carbocycles. The highest BCUT2D eigenvalue weighted by molar-refractivity contribution is 9.10. The highest BCUT2D eigenvalue weighted by Crippen LogP contribution is 2.30. The number of nitrogens with zero attached hydrogens (tertiary/aromatic N) is 1. The molecule has 2 aromatic carbocycles. The summed E-state index contributed by atoms with van der Waals surface area (Å²) in [4.78, 5) is 42.9. The third-order valence-corrected chi connectivity index (χ3v) is 5.97. The predicted octanol–water partition coefficient (Wildman–Crippen LogP) is 6.19. The van der Waals surface area contributed by atoms with Crippen molar-refractivity contribution in [1.29, 1.82) is 0 Å². The molecule has 0 bridgehead atoms. The van der Waals surface area contributed by atoms with Gasteiger partial charge in [0.2, 0.25) is 0 Å². The molecule has 0 aliphatic carbocycles. The van der Waals surface area contributed by atoms with Gasteiger partial charge in [0.15, 0.2) is 0 Å². The number of pyridine rings is 1. The van der Waals surface area contributed by atoms with E-state index in [1.54, 1.807) is 57.3 Å². The summed E-state index contributed by atoms with van der Waals surface area (Å²) in [6.07, 6.45) is 0.227.